The topological polar surface area (TPSA) is 29.9 Å². The van der Waals surface area contributed by atoms with E-state index in [1.165, 1.54) is 48.6 Å². The molecule has 0 amide bonds. The lowest BCUT2D eigenvalue weighted by atomic mass is 10.1. The van der Waals surface area contributed by atoms with Gasteiger partial charge in [0, 0.05) is 41.2 Å². The van der Waals surface area contributed by atoms with Crippen molar-refractivity contribution in [3.05, 3.63) is 18.0 Å². The van der Waals surface area contributed by atoms with Crippen molar-refractivity contribution in [3.8, 4) is 0 Å². The fraction of sp³-hybridized carbons (Fsp3) is 0.800. The van der Waals surface area contributed by atoms with Crippen molar-refractivity contribution in [2.75, 3.05) is 24.3 Å². The molecule has 1 aromatic heterocycles. The highest BCUT2D eigenvalue weighted by atomic mass is 32.2. The molecule has 1 aliphatic heterocycles. The molecule has 2 aliphatic rings. The molecular formula is C15H25N3S2. The summed E-state index contributed by atoms with van der Waals surface area (Å²) in [5, 5.41) is 9.08. The number of thioether (sulfide) groups is 2. The summed E-state index contributed by atoms with van der Waals surface area (Å²) in [6, 6.07) is 3.44. The van der Waals surface area contributed by atoms with Crippen LogP contribution in [0.15, 0.2) is 12.3 Å². The second kappa shape index (κ2) is 7.23. The van der Waals surface area contributed by atoms with Gasteiger partial charge in [-0.05, 0) is 26.0 Å². The maximum Gasteiger partial charge on any atom is 0.0640 e. The predicted octanol–water partition coefficient (Wildman–Crippen LogP) is 2.98. The molecule has 1 N–H and O–H groups in total. The first kappa shape index (κ1) is 14.8. The highest BCUT2D eigenvalue weighted by Gasteiger charge is 2.25. The van der Waals surface area contributed by atoms with Gasteiger partial charge < -0.3 is 5.32 Å². The molecule has 112 valence electrons. The summed E-state index contributed by atoms with van der Waals surface area (Å²) in [7, 11) is 2.10. The van der Waals surface area contributed by atoms with Gasteiger partial charge >= 0.3 is 0 Å². The van der Waals surface area contributed by atoms with Gasteiger partial charge in [-0.15, -0.1) is 0 Å². The smallest absolute Gasteiger partial charge is 0.0640 e. The van der Waals surface area contributed by atoms with Crippen LogP contribution in [0, 0.1) is 0 Å². The third-order valence-electron chi connectivity index (χ3n) is 4.45. The Morgan fingerprint density at radius 1 is 1.40 bits per heavy atom. The van der Waals surface area contributed by atoms with Gasteiger partial charge in [0.15, 0.2) is 0 Å². The van der Waals surface area contributed by atoms with Gasteiger partial charge in [-0.25, -0.2) is 0 Å². The molecule has 1 aromatic rings. The second-order valence-electron chi connectivity index (χ2n) is 5.81. The monoisotopic (exact) mass is 311 g/mol. The van der Waals surface area contributed by atoms with Gasteiger partial charge in [0.05, 0.1) is 11.7 Å². The summed E-state index contributed by atoms with van der Waals surface area (Å²) in [6.07, 6.45) is 8.62. The maximum absolute atomic E-state index is 4.84. The Hall–Kier alpha value is -0.130. The summed E-state index contributed by atoms with van der Waals surface area (Å²) < 4.78 is 2.22. The maximum atomic E-state index is 4.84. The lowest BCUT2D eigenvalue weighted by Crippen LogP contribution is -2.40. The fourth-order valence-electron chi connectivity index (χ4n) is 3.24. The van der Waals surface area contributed by atoms with Crippen LogP contribution < -0.4 is 5.32 Å². The van der Waals surface area contributed by atoms with E-state index in [1.807, 2.05) is 0 Å². The van der Waals surface area contributed by atoms with Crippen molar-refractivity contribution in [1.29, 1.82) is 0 Å². The van der Waals surface area contributed by atoms with Crippen molar-refractivity contribution in [2.24, 2.45) is 0 Å². The average Bonchev–Trinajstić information content (AvgIpc) is 3.16. The predicted molar refractivity (Wildman–Crippen MR) is 89.9 cm³/mol. The molecule has 5 heteroatoms. The summed E-state index contributed by atoms with van der Waals surface area (Å²) in [5.74, 6) is 3.89. The lowest BCUT2D eigenvalue weighted by Gasteiger charge is -2.28. The minimum atomic E-state index is 0.555. The van der Waals surface area contributed by atoms with Crippen LogP contribution in [0.4, 0.5) is 0 Å². The minimum absolute atomic E-state index is 0.555. The first-order valence-corrected chi connectivity index (χ1v) is 9.98. The quantitative estimate of drug-likeness (QED) is 0.905. The Morgan fingerprint density at radius 2 is 2.25 bits per heavy atom. The molecule has 0 aromatic carbocycles. The van der Waals surface area contributed by atoms with E-state index in [0.29, 0.717) is 12.1 Å². The number of nitrogens with zero attached hydrogens (tertiary/aromatic N) is 2. The van der Waals surface area contributed by atoms with Crippen LogP contribution in [0.25, 0.3) is 0 Å². The Labute approximate surface area is 130 Å². The number of aromatic nitrogens is 2. The summed E-state index contributed by atoms with van der Waals surface area (Å²) >= 11 is 4.23. The number of hydrogen-bond donors (Lipinski definition) is 1. The van der Waals surface area contributed by atoms with Crippen LogP contribution in [0.3, 0.4) is 0 Å². The van der Waals surface area contributed by atoms with E-state index in [9.17, 15) is 0 Å². The molecule has 2 heterocycles. The third-order valence-corrected chi connectivity index (χ3v) is 7.37. The summed E-state index contributed by atoms with van der Waals surface area (Å²) in [4.78, 5) is 0. The van der Waals surface area contributed by atoms with E-state index in [2.05, 4.69) is 52.8 Å². The van der Waals surface area contributed by atoms with Crippen LogP contribution in [-0.4, -0.2) is 45.4 Å². The molecule has 3 nitrogen and oxygen atoms in total. The largest absolute Gasteiger partial charge is 0.315 e. The fourth-order valence-corrected chi connectivity index (χ4v) is 6.17. The van der Waals surface area contributed by atoms with Crippen LogP contribution in [-0.2, 0) is 6.42 Å². The zero-order valence-electron chi connectivity index (χ0n) is 12.3. The van der Waals surface area contributed by atoms with Gasteiger partial charge in [-0.1, -0.05) is 12.8 Å². The molecule has 1 saturated carbocycles. The lowest BCUT2D eigenvalue weighted by molar-refractivity contribution is 0.457. The van der Waals surface area contributed by atoms with Gasteiger partial charge in [-0.2, -0.15) is 28.6 Å². The third kappa shape index (κ3) is 3.55. The molecule has 20 heavy (non-hydrogen) atoms. The summed E-state index contributed by atoms with van der Waals surface area (Å²) in [5.41, 5.74) is 1.26. The molecular weight excluding hydrogens is 286 g/mol. The Morgan fingerprint density at radius 3 is 2.95 bits per heavy atom. The first-order chi connectivity index (χ1) is 9.86. The van der Waals surface area contributed by atoms with Crippen LogP contribution in [0.1, 0.15) is 37.4 Å². The summed E-state index contributed by atoms with van der Waals surface area (Å²) in [6.45, 7) is 0. The highest BCUT2D eigenvalue weighted by molar-refractivity contribution is 8.06. The minimum Gasteiger partial charge on any atom is -0.315 e. The van der Waals surface area contributed by atoms with E-state index in [1.54, 1.807) is 0 Å². The van der Waals surface area contributed by atoms with Crippen molar-refractivity contribution in [1.82, 2.24) is 15.1 Å². The Kier molecular flexibility index (Phi) is 5.35. The number of rotatable bonds is 5. The van der Waals surface area contributed by atoms with Crippen LogP contribution >= 0.6 is 23.5 Å². The van der Waals surface area contributed by atoms with Gasteiger partial charge in [0.2, 0.25) is 0 Å². The standard InChI is InChI=1S/C15H25N3S2/c1-16-14(15-11-19-8-9-20-15)10-12-6-7-18(17-12)13-4-2-3-5-13/h6-7,13-16H,2-5,8-11H2,1H3. The van der Waals surface area contributed by atoms with Gasteiger partial charge in [0.1, 0.15) is 0 Å². The zero-order chi connectivity index (χ0) is 13.8. The average molecular weight is 312 g/mol. The van der Waals surface area contributed by atoms with E-state index in [-0.39, 0.29) is 0 Å². The van der Waals surface area contributed by atoms with Gasteiger partial charge in [-0.3, -0.25) is 4.68 Å². The normalized spacial score (nSPS) is 25.9. The van der Waals surface area contributed by atoms with Gasteiger partial charge in [0.25, 0.3) is 0 Å². The molecule has 1 aliphatic carbocycles. The highest BCUT2D eigenvalue weighted by Crippen LogP contribution is 2.30. The Balaban J connectivity index is 1.60. The first-order valence-electron chi connectivity index (χ1n) is 7.77. The van der Waals surface area contributed by atoms with Crippen molar-refractivity contribution < 1.29 is 0 Å². The molecule has 2 atom stereocenters. The van der Waals surface area contributed by atoms with Crippen LogP contribution in [0.2, 0.25) is 0 Å². The van der Waals surface area contributed by atoms with Crippen molar-refractivity contribution in [3.63, 3.8) is 0 Å². The molecule has 2 unspecified atom stereocenters. The molecule has 2 fully saturated rings. The second-order valence-corrected chi connectivity index (χ2v) is 8.31. The van der Waals surface area contributed by atoms with Crippen LogP contribution in [0.5, 0.6) is 0 Å². The molecule has 0 radical (unpaired) electrons. The molecule has 0 bridgehead atoms. The van der Waals surface area contributed by atoms with Crippen molar-refractivity contribution >= 4 is 23.5 Å². The van der Waals surface area contributed by atoms with Crippen molar-refractivity contribution in [2.45, 2.75) is 49.4 Å². The molecule has 0 spiro atoms. The number of hydrogen-bond acceptors (Lipinski definition) is 4. The Bertz CT molecular complexity index is 409. The van der Waals surface area contributed by atoms with E-state index in [4.69, 9.17) is 5.10 Å². The SMILES string of the molecule is CNC(Cc1ccn(C2CCCC2)n1)C1CSCCS1. The molecule has 3 rings (SSSR count). The zero-order valence-corrected chi connectivity index (χ0v) is 13.9. The van der Waals surface area contributed by atoms with E-state index >= 15 is 0 Å². The molecule has 1 saturated heterocycles. The number of nitrogens with one attached hydrogen (secondary N) is 1. The van der Waals surface area contributed by atoms with E-state index < -0.39 is 0 Å². The number of likely N-dealkylation sites (N-methyl/N-ethyl adjacent to an activating group) is 1. The van der Waals surface area contributed by atoms with E-state index in [0.717, 1.165) is 11.7 Å².